The number of rotatable bonds is 7. The number of ether oxygens (including phenoxy) is 1. The molecule has 1 atom stereocenters. The quantitative estimate of drug-likeness (QED) is 0.555. The van der Waals surface area contributed by atoms with E-state index in [9.17, 15) is 13.2 Å². The molecule has 0 bridgehead atoms. The van der Waals surface area contributed by atoms with Gasteiger partial charge in [-0.15, -0.1) is 11.3 Å². The van der Waals surface area contributed by atoms with Gasteiger partial charge >= 0.3 is 0 Å². The van der Waals surface area contributed by atoms with Crippen molar-refractivity contribution in [2.24, 2.45) is 5.92 Å². The highest BCUT2D eigenvalue weighted by Gasteiger charge is 2.34. The molecule has 0 unspecified atom stereocenters. The number of aromatic nitrogens is 2. The number of carbonyl (C=O) groups is 1. The molecule has 11 heteroatoms. The third-order valence-corrected chi connectivity index (χ3v) is 8.44. The number of amides is 1. The molecule has 0 spiro atoms. The predicted molar refractivity (Wildman–Crippen MR) is 120 cm³/mol. The van der Waals surface area contributed by atoms with Crippen LogP contribution in [0.3, 0.4) is 0 Å². The summed E-state index contributed by atoms with van der Waals surface area (Å²) >= 11 is 1.11. The number of benzene rings is 1. The van der Waals surface area contributed by atoms with Gasteiger partial charge in [-0.05, 0) is 38.0 Å². The van der Waals surface area contributed by atoms with Gasteiger partial charge in [0, 0.05) is 31.0 Å². The first-order chi connectivity index (χ1) is 15.4. The monoisotopic (exact) mass is 476 g/mol. The van der Waals surface area contributed by atoms with Crippen LogP contribution < -0.4 is 10.1 Å². The fourth-order valence-electron chi connectivity index (χ4n) is 3.57. The zero-order chi connectivity index (χ0) is 22.7. The topological polar surface area (TPSA) is 115 Å². The molecule has 1 amide bonds. The lowest BCUT2D eigenvalue weighted by atomic mass is 9.98. The molecule has 1 N–H and O–H groups in total. The average molecular weight is 477 g/mol. The molecule has 32 heavy (non-hydrogen) atoms. The van der Waals surface area contributed by atoms with Crippen molar-refractivity contribution in [3.63, 3.8) is 0 Å². The number of hydrogen-bond acceptors (Lipinski definition) is 8. The number of hydrogen-bond donors (Lipinski definition) is 1. The van der Waals surface area contributed by atoms with Gasteiger partial charge in [-0.3, -0.25) is 4.79 Å². The lowest BCUT2D eigenvalue weighted by Crippen LogP contribution is -2.43. The normalized spacial score (nSPS) is 17.2. The van der Waals surface area contributed by atoms with Crippen LogP contribution in [0.1, 0.15) is 25.7 Å². The Bertz CT molecular complexity index is 1200. The third-order valence-electron chi connectivity index (χ3n) is 5.16. The van der Waals surface area contributed by atoms with Gasteiger partial charge < -0.3 is 14.6 Å². The van der Waals surface area contributed by atoms with Crippen LogP contribution in [0.15, 0.2) is 44.4 Å². The van der Waals surface area contributed by atoms with Crippen molar-refractivity contribution in [1.29, 1.82) is 0 Å². The summed E-state index contributed by atoms with van der Waals surface area (Å²) in [5.74, 6) is 0.681. The molecule has 1 aliphatic heterocycles. The molecule has 3 aromatic rings. The molecule has 0 radical (unpaired) electrons. The number of para-hydroxylation sites is 2. The summed E-state index contributed by atoms with van der Waals surface area (Å²) < 4.78 is 38.6. The number of sulfonamides is 1. The van der Waals surface area contributed by atoms with Crippen LogP contribution in [0.4, 0.5) is 5.69 Å². The summed E-state index contributed by atoms with van der Waals surface area (Å²) in [7, 11) is -3.74. The Labute approximate surface area is 190 Å². The largest absolute Gasteiger partial charge is 0.492 e. The summed E-state index contributed by atoms with van der Waals surface area (Å²) in [5, 5.41) is 8.42. The SMILES string of the molecule is CCOc1ccccc1NC(=O)[C@H]1CCCN(S(=O)(=O)c2cc(-c3noc(C)n3)cs2)C1. The van der Waals surface area contributed by atoms with E-state index in [-0.39, 0.29) is 16.7 Å². The van der Waals surface area contributed by atoms with Crippen molar-refractivity contribution < 1.29 is 22.5 Å². The molecule has 2 aromatic heterocycles. The smallest absolute Gasteiger partial charge is 0.252 e. The molecule has 1 saturated heterocycles. The molecule has 9 nitrogen and oxygen atoms in total. The van der Waals surface area contributed by atoms with Crippen molar-refractivity contribution >= 4 is 33.0 Å². The molecular formula is C21H24N4O5S2. The minimum Gasteiger partial charge on any atom is -0.492 e. The minimum atomic E-state index is -3.74. The van der Waals surface area contributed by atoms with Crippen LogP contribution in [-0.4, -0.2) is 48.5 Å². The fourth-order valence-corrected chi connectivity index (χ4v) is 6.41. The van der Waals surface area contributed by atoms with E-state index >= 15 is 0 Å². The number of nitrogens with zero attached hydrogens (tertiary/aromatic N) is 3. The summed E-state index contributed by atoms with van der Waals surface area (Å²) in [4.78, 5) is 17.1. The van der Waals surface area contributed by atoms with Crippen LogP contribution in [0.25, 0.3) is 11.4 Å². The van der Waals surface area contributed by atoms with E-state index in [1.165, 1.54) is 4.31 Å². The van der Waals surface area contributed by atoms with Gasteiger partial charge in [0.1, 0.15) is 9.96 Å². The Hall–Kier alpha value is -2.76. The Kier molecular flexibility index (Phi) is 6.58. The molecule has 1 fully saturated rings. The van der Waals surface area contributed by atoms with Crippen molar-refractivity contribution in [2.45, 2.75) is 30.9 Å². The Balaban J connectivity index is 1.47. The second kappa shape index (κ2) is 9.39. The first-order valence-corrected chi connectivity index (χ1v) is 12.6. The molecule has 0 aliphatic carbocycles. The summed E-state index contributed by atoms with van der Waals surface area (Å²) in [6.07, 6.45) is 1.22. The van der Waals surface area contributed by atoms with E-state index in [2.05, 4.69) is 15.5 Å². The van der Waals surface area contributed by atoms with E-state index in [0.29, 0.717) is 54.7 Å². The third kappa shape index (κ3) is 4.69. The maximum Gasteiger partial charge on any atom is 0.252 e. The van der Waals surface area contributed by atoms with Gasteiger partial charge in [0.2, 0.25) is 17.6 Å². The van der Waals surface area contributed by atoms with E-state index < -0.39 is 15.9 Å². The number of carbonyl (C=O) groups excluding carboxylic acids is 1. The second-order valence-electron chi connectivity index (χ2n) is 7.41. The number of nitrogens with one attached hydrogen (secondary N) is 1. The van der Waals surface area contributed by atoms with Crippen molar-refractivity contribution in [1.82, 2.24) is 14.4 Å². The molecule has 1 aliphatic rings. The summed E-state index contributed by atoms with van der Waals surface area (Å²) in [5.41, 5.74) is 1.17. The van der Waals surface area contributed by atoms with Crippen LogP contribution in [0.5, 0.6) is 5.75 Å². The zero-order valence-electron chi connectivity index (χ0n) is 17.8. The maximum absolute atomic E-state index is 13.2. The summed E-state index contributed by atoms with van der Waals surface area (Å²) in [6.45, 7) is 4.52. The van der Waals surface area contributed by atoms with E-state index in [0.717, 1.165) is 11.3 Å². The van der Waals surface area contributed by atoms with Crippen molar-refractivity contribution in [3.8, 4) is 17.1 Å². The predicted octanol–water partition coefficient (Wildman–Crippen LogP) is 3.54. The zero-order valence-corrected chi connectivity index (χ0v) is 19.4. The number of piperidine rings is 1. The molecule has 3 heterocycles. The van der Waals surface area contributed by atoms with Gasteiger partial charge in [0.05, 0.1) is 18.2 Å². The highest BCUT2D eigenvalue weighted by Crippen LogP contribution is 2.32. The Morgan fingerprint density at radius 1 is 1.38 bits per heavy atom. The highest BCUT2D eigenvalue weighted by molar-refractivity contribution is 7.91. The molecule has 1 aromatic carbocycles. The number of anilines is 1. The fraction of sp³-hybridized carbons (Fsp3) is 0.381. The summed E-state index contributed by atoms with van der Waals surface area (Å²) in [6, 6.07) is 8.76. The van der Waals surface area contributed by atoms with Crippen LogP contribution in [-0.2, 0) is 14.8 Å². The number of thiophene rings is 1. The van der Waals surface area contributed by atoms with E-state index in [1.54, 1.807) is 30.5 Å². The molecular weight excluding hydrogens is 452 g/mol. The molecule has 0 saturated carbocycles. The van der Waals surface area contributed by atoms with Crippen molar-refractivity contribution in [2.75, 3.05) is 25.0 Å². The number of aryl methyl sites for hydroxylation is 1. The second-order valence-corrected chi connectivity index (χ2v) is 10.5. The lowest BCUT2D eigenvalue weighted by molar-refractivity contribution is -0.120. The van der Waals surface area contributed by atoms with Crippen LogP contribution >= 0.6 is 11.3 Å². The first-order valence-electron chi connectivity index (χ1n) is 10.3. The Morgan fingerprint density at radius 3 is 2.94 bits per heavy atom. The van der Waals surface area contributed by atoms with Gasteiger partial charge in [-0.2, -0.15) is 9.29 Å². The lowest BCUT2D eigenvalue weighted by Gasteiger charge is -2.30. The molecule has 170 valence electrons. The standard InChI is InChI=1S/C21H24N4O5S2/c1-3-29-18-9-5-4-8-17(18)23-21(26)15-7-6-10-25(12-15)32(27,28)19-11-16(13-31-19)20-22-14(2)30-24-20/h4-5,8-9,11,13,15H,3,6-7,10,12H2,1-2H3,(H,23,26)/t15-/m0/s1. The van der Waals surface area contributed by atoms with Gasteiger partial charge in [-0.25, -0.2) is 8.42 Å². The van der Waals surface area contributed by atoms with Gasteiger partial charge in [-0.1, -0.05) is 17.3 Å². The average Bonchev–Trinajstić information content (AvgIpc) is 3.45. The van der Waals surface area contributed by atoms with Crippen LogP contribution in [0.2, 0.25) is 0 Å². The van der Waals surface area contributed by atoms with E-state index in [1.807, 2.05) is 19.1 Å². The maximum atomic E-state index is 13.2. The first kappa shape index (κ1) is 22.4. The van der Waals surface area contributed by atoms with Crippen LogP contribution in [0, 0.1) is 12.8 Å². The van der Waals surface area contributed by atoms with Gasteiger partial charge in [0.25, 0.3) is 10.0 Å². The minimum absolute atomic E-state index is 0.125. The highest BCUT2D eigenvalue weighted by atomic mass is 32.2. The van der Waals surface area contributed by atoms with Crippen molar-refractivity contribution in [3.05, 3.63) is 41.6 Å². The van der Waals surface area contributed by atoms with Gasteiger partial charge in [0.15, 0.2) is 0 Å². The Morgan fingerprint density at radius 2 is 2.19 bits per heavy atom. The molecule has 4 rings (SSSR count). The van der Waals surface area contributed by atoms with E-state index in [4.69, 9.17) is 9.26 Å².